The van der Waals surface area contributed by atoms with Crippen LogP contribution < -0.4 is 5.73 Å². The van der Waals surface area contributed by atoms with Crippen molar-refractivity contribution in [1.29, 1.82) is 0 Å². The van der Waals surface area contributed by atoms with Crippen molar-refractivity contribution in [1.82, 2.24) is 9.97 Å². The molecule has 1 aromatic rings. The van der Waals surface area contributed by atoms with Crippen LogP contribution >= 0.6 is 0 Å². The van der Waals surface area contributed by atoms with Gasteiger partial charge in [-0.05, 0) is 19.4 Å². The third-order valence-electron chi connectivity index (χ3n) is 2.05. The Labute approximate surface area is 79.4 Å². The highest BCUT2D eigenvalue weighted by Crippen LogP contribution is 2.13. The Morgan fingerprint density at radius 1 is 1.54 bits per heavy atom. The van der Waals surface area contributed by atoms with Crippen molar-refractivity contribution >= 4 is 0 Å². The summed E-state index contributed by atoms with van der Waals surface area (Å²) in [4.78, 5) is 8.33. The van der Waals surface area contributed by atoms with Crippen molar-refractivity contribution in [2.24, 2.45) is 5.73 Å². The smallest absolute Gasteiger partial charge is 0.125 e. The van der Waals surface area contributed by atoms with Crippen LogP contribution in [0.3, 0.4) is 0 Å². The number of hydrogen-bond acceptors (Lipinski definition) is 3. The highest BCUT2D eigenvalue weighted by Gasteiger charge is 2.06. The van der Waals surface area contributed by atoms with Gasteiger partial charge in [-0.1, -0.05) is 19.8 Å². The monoisotopic (exact) mass is 179 g/mol. The SMILES string of the molecule is CCCCC(N)c1ccnc(C)n1. The maximum absolute atomic E-state index is 5.96. The summed E-state index contributed by atoms with van der Waals surface area (Å²) < 4.78 is 0. The molecule has 1 aromatic heterocycles. The number of unbranched alkanes of at least 4 members (excludes halogenated alkanes) is 1. The van der Waals surface area contributed by atoms with Crippen molar-refractivity contribution in [3.63, 3.8) is 0 Å². The van der Waals surface area contributed by atoms with Gasteiger partial charge in [0.15, 0.2) is 0 Å². The predicted molar refractivity (Wildman–Crippen MR) is 53.2 cm³/mol. The lowest BCUT2D eigenvalue weighted by molar-refractivity contribution is 0.587. The zero-order valence-corrected chi connectivity index (χ0v) is 8.33. The zero-order chi connectivity index (χ0) is 9.68. The molecule has 1 atom stereocenters. The van der Waals surface area contributed by atoms with Crippen LogP contribution in [0.25, 0.3) is 0 Å². The topological polar surface area (TPSA) is 51.8 Å². The standard InChI is InChI=1S/C10H17N3/c1-3-4-5-9(11)10-6-7-12-8(2)13-10/h6-7,9H,3-5,11H2,1-2H3. The van der Waals surface area contributed by atoms with Gasteiger partial charge in [0.1, 0.15) is 5.82 Å². The minimum Gasteiger partial charge on any atom is -0.323 e. The fraction of sp³-hybridized carbons (Fsp3) is 0.600. The average molecular weight is 179 g/mol. The summed E-state index contributed by atoms with van der Waals surface area (Å²) in [6, 6.07) is 1.97. The largest absolute Gasteiger partial charge is 0.323 e. The molecule has 0 bridgehead atoms. The normalized spacial score (nSPS) is 12.8. The third-order valence-corrected chi connectivity index (χ3v) is 2.05. The van der Waals surface area contributed by atoms with E-state index in [0.29, 0.717) is 0 Å². The Morgan fingerprint density at radius 3 is 2.92 bits per heavy atom. The number of rotatable bonds is 4. The summed E-state index contributed by atoms with van der Waals surface area (Å²) in [7, 11) is 0. The van der Waals surface area contributed by atoms with Gasteiger partial charge in [-0.25, -0.2) is 9.97 Å². The molecule has 72 valence electrons. The molecule has 0 aliphatic heterocycles. The highest BCUT2D eigenvalue weighted by molar-refractivity contribution is 5.06. The second kappa shape index (κ2) is 4.92. The maximum atomic E-state index is 5.96. The first-order valence-corrected chi connectivity index (χ1v) is 4.79. The van der Waals surface area contributed by atoms with Crippen molar-refractivity contribution < 1.29 is 0 Å². The molecule has 0 amide bonds. The van der Waals surface area contributed by atoms with E-state index >= 15 is 0 Å². The van der Waals surface area contributed by atoms with Crippen LogP contribution in [0.5, 0.6) is 0 Å². The van der Waals surface area contributed by atoms with E-state index in [1.165, 1.54) is 6.42 Å². The molecule has 0 radical (unpaired) electrons. The van der Waals surface area contributed by atoms with E-state index < -0.39 is 0 Å². The fourth-order valence-electron chi connectivity index (χ4n) is 1.25. The van der Waals surface area contributed by atoms with Gasteiger partial charge in [0.05, 0.1) is 5.69 Å². The van der Waals surface area contributed by atoms with Crippen LogP contribution in [-0.4, -0.2) is 9.97 Å². The lowest BCUT2D eigenvalue weighted by Gasteiger charge is -2.09. The number of nitrogens with zero attached hydrogens (tertiary/aromatic N) is 2. The van der Waals surface area contributed by atoms with E-state index in [0.717, 1.165) is 24.4 Å². The Kier molecular flexibility index (Phi) is 3.83. The molecule has 1 rings (SSSR count). The number of nitrogens with two attached hydrogens (primary N) is 1. The van der Waals surface area contributed by atoms with E-state index in [9.17, 15) is 0 Å². The van der Waals surface area contributed by atoms with Crippen LogP contribution in [0.2, 0.25) is 0 Å². The number of hydrogen-bond donors (Lipinski definition) is 1. The van der Waals surface area contributed by atoms with Crippen LogP contribution in [0.15, 0.2) is 12.3 Å². The number of aryl methyl sites for hydroxylation is 1. The van der Waals surface area contributed by atoms with Crippen LogP contribution in [-0.2, 0) is 0 Å². The van der Waals surface area contributed by atoms with E-state index in [2.05, 4.69) is 16.9 Å². The van der Waals surface area contributed by atoms with E-state index in [1.807, 2.05) is 13.0 Å². The van der Waals surface area contributed by atoms with Crippen molar-refractivity contribution in [2.75, 3.05) is 0 Å². The number of aromatic nitrogens is 2. The summed E-state index contributed by atoms with van der Waals surface area (Å²) in [6.45, 7) is 4.05. The zero-order valence-electron chi connectivity index (χ0n) is 8.33. The first-order chi connectivity index (χ1) is 6.24. The fourth-order valence-corrected chi connectivity index (χ4v) is 1.25. The van der Waals surface area contributed by atoms with Gasteiger partial charge in [-0.2, -0.15) is 0 Å². The highest BCUT2D eigenvalue weighted by atomic mass is 14.9. The first-order valence-electron chi connectivity index (χ1n) is 4.79. The van der Waals surface area contributed by atoms with Crippen LogP contribution in [0.1, 0.15) is 43.7 Å². The molecule has 1 heterocycles. The Bertz CT molecular complexity index is 260. The van der Waals surface area contributed by atoms with Gasteiger partial charge in [0.25, 0.3) is 0 Å². The quantitative estimate of drug-likeness (QED) is 0.768. The third kappa shape index (κ3) is 3.11. The van der Waals surface area contributed by atoms with Crippen molar-refractivity contribution in [2.45, 2.75) is 39.2 Å². The minimum atomic E-state index is 0.0710. The minimum absolute atomic E-state index is 0.0710. The van der Waals surface area contributed by atoms with E-state index in [-0.39, 0.29) is 6.04 Å². The molecule has 0 aliphatic carbocycles. The average Bonchev–Trinajstić information content (AvgIpc) is 2.14. The van der Waals surface area contributed by atoms with Gasteiger partial charge >= 0.3 is 0 Å². The summed E-state index contributed by atoms with van der Waals surface area (Å²) >= 11 is 0. The maximum Gasteiger partial charge on any atom is 0.125 e. The summed E-state index contributed by atoms with van der Waals surface area (Å²) in [5, 5.41) is 0. The molecular formula is C10H17N3. The molecule has 3 nitrogen and oxygen atoms in total. The second-order valence-corrected chi connectivity index (χ2v) is 3.28. The summed E-state index contributed by atoms with van der Waals surface area (Å²) in [6.07, 6.45) is 5.11. The molecule has 13 heavy (non-hydrogen) atoms. The van der Waals surface area contributed by atoms with Gasteiger partial charge < -0.3 is 5.73 Å². The summed E-state index contributed by atoms with van der Waals surface area (Å²) in [5.41, 5.74) is 6.92. The van der Waals surface area contributed by atoms with Crippen molar-refractivity contribution in [3.8, 4) is 0 Å². The molecular weight excluding hydrogens is 162 g/mol. The Hall–Kier alpha value is -0.960. The molecule has 0 saturated heterocycles. The van der Waals surface area contributed by atoms with Crippen LogP contribution in [0, 0.1) is 6.92 Å². The molecule has 3 heteroatoms. The molecule has 0 spiro atoms. The summed E-state index contributed by atoms with van der Waals surface area (Å²) in [5.74, 6) is 0.796. The van der Waals surface area contributed by atoms with E-state index in [1.54, 1.807) is 6.20 Å². The lowest BCUT2D eigenvalue weighted by atomic mass is 10.1. The molecule has 2 N–H and O–H groups in total. The predicted octanol–water partition coefficient (Wildman–Crippen LogP) is 1.98. The second-order valence-electron chi connectivity index (χ2n) is 3.28. The lowest BCUT2D eigenvalue weighted by Crippen LogP contribution is -2.12. The molecule has 0 saturated carbocycles. The molecule has 0 aromatic carbocycles. The van der Waals surface area contributed by atoms with Gasteiger partial charge in [0.2, 0.25) is 0 Å². The molecule has 0 aliphatic rings. The first kappa shape index (κ1) is 10.1. The Balaban J connectivity index is 2.60. The molecule has 1 unspecified atom stereocenters. The van der Waals surface area contributed by atoms with Crippen molar-refractivity contribution in [3.05, 3.63) is 23.8 Å². The molecule has 0 fully saturated rings. The van der Waals surface area contributed by atoms with Gasteiger partial charge in [0, 0.05) is 12.2 Å². The Morgan fingerprint density at radius 2 is 2.31 bits per heavy atom. The van der Waals surface area contributed by atoms with Crippen LogP contribution in [0.4, 0.5) is 0 Å². The van der Waals surface area contributed by atoms with E-state index in [4.69, 9.17) is 5.73 Å². The van der Waals surface area contributed by atoms with Gasteiger partial charge in [-0.3, -0.25) is 0 Å². The van der Waals surface area contributed by atoms with Gasteiger partial charge in [-0.15, -0.1) is 0 Å².